The van der Waals surface area contributed by atoms with Gasteiger partial charge in [-0.25, -0.2) is 4.98 Å². The first kappa shape index (κ1) is 14.0. The average molecular weight is 254 g/mol. The van der Waals surface area contributed by atoms with E-state index in [1.807, 2.05) is 6.20 Å². The summed E-state index contributed by atoms with van der Waals surface area (Å²) >= 11 is 1.73. The summed E-state index contributed by atoms with van der Waals surface area (Å²) in [7, 11) is 0. The van der Waals surface area contributed by atoms with Gasteiger partial charge in [0.1, 0.15) is 0 Å². The van der Waals surface area contributed by atoms with Gasteiger partial charge in [0.15, 0.2) is 5.96 Å². The number of unbranched alkanes of at least 4 members (excludes halogenated alkanes) is 1. The maximum absolute atomic E-state index is 5.77. The Kier molecular flexibility index (Phi) is 5.97. The number of nitrogens with one attached hydrogen (secondary N) is 1. The van der Waals surface area contributed by atoms with E-state index in [4.69, 9.17) is 5.73 Å². The maximum atomic E-state index is 5.77. The lowest BCUT2D eigenvalue weighted by molar-refractivity contribution is 0.732. The molecule has 1 atom stereocenters. The van der Waals surface area contributed by atoms with Gasteiger partial charge in [-0.3, -0.25) is 4.99 Å². The molecular formula is C12H22N4S. The highest BCUT2D eigenvalue weighted by Crippen LogP contribution is 2.20. The van der Waals surface area contributed by atoms with Crippen LogP contribution in [0.25, 0.3) is 0 Å². The number of rotatable bonds is 6. The molecule has 1 aromatic heterocycles. The highest BCUT2D eigenvalue weighted by molar-refractivity contribution is 7.11. The predicted molar refractivity (Wildman–Crippen MR) is 74.7 cm³/mol. The van der Waals surface area contributed by atoms with E-state index in [1.54, 1.807) is 11.3 Å². The van der Waals surface area contributed by atoms with Crippen LogP contribution in [0.3, 0.4) is 0 Å². The van der Waals surface area contributed by atoms with E-state index in [0.717, 1.165) is 24.4 Å². The Morgan fingerprint density at radius 3 is 3.00 bits per heavy atom. The van der Waals surface area contributed by atoms with Crippen molar-refractivity contribution < 1.29 is 0 Å². The zero-order valence-electron chi connectivity index (χ0n) is 10.9. The van der Waals surface area contributed by atoms with Crippen LogP contribution in [0, 0.1) is 6.92 Å². The van der Waals surface area contributed by atoms with Gasteiger partial charge in [0, 0.05) is 23.5 Å². The third-order valence-corrected chi connectivity index (χ3v) is 3.58. The number of thiazole rings is 1. The SMILES string of the molecule is CCCCNC(N)=NCC(C)c1ncc(C)s1. The minimum atomic E-state index is 0.334. The number of guanidine groups is 1. The number of aryl methyl sites for hydroxylation is 1. The monoisotopic (exact) mass is 254 g/mol. The Bertz CT molecular complexity index is 359. The number of nitrogens with zero attached hydrogens (tertiary/aromatic N) is 2. The third-order valence-electron chi connectivity index (χ3n) is 2.43. The minimum Gasteiger partial charge on any atom is -0.370 e. The van der Waals surface area contributed by atoms with Gasteiger partial charge < -0.3 is 11.1 Å². The van der Waals surface area contributed by atoms with Crippen LogP contribution >= 0.6 is 11.3 Å². The fourth-order valence-electron chi connectivity index (χ4n) is 1.36. The Hall–Kier alpha value is -1.10. The van der Waals surface area contributed by atoms with Gasteiger partial charge in [0.2, 0.25) is 0 Å². The van der Waals surface area contributed by atoms with Crippen LogP contribution in [0.15, 0.2) is 11.2 Å². The van der Waals surface area contributed by atoms with Crippen molar-refractivity contribution in [3.63, 3.8) is 0 Å². The van der Waals surface area contributed by atoms with Crippen molar-refractivity contribution >= 4 is 17.3 Å². The van der Waals surface area contributed by atoms with E-state index in [2.05, 4.69) is 36.1 Å². The highest BCUT2D eigenvalue weighted by Gasteiger charge is 2.08. The summed E-state index contributed by atoms with van der Waals surface area (Å²) in [6.45, 7) is 7.94. The van der Waals surface area contributed by atoms with Gasteiger partial charge in [-0.15, -0.1) is 11.3 Å². The molecule has 0 bridgehead atoms. The van der Waals surface area contributed by atoms with Crippen molar-refractivity contribution in [2.24, 2.45) is 10.7 Å². The van der Waals surface area contributed by atoms with E-state index in [0.29, 0.717) is 18.4 Å². The second-order valence-electron chi connectivity index (χ2n) is 4.22. The largest absolute Gasteiger partial charge is 0.370 e. The Balaban J connectivity index is 2.36. The van der Waals surface area contributed by atoms with Crippen molar-refractivity contribution in [1.82, 2.24) is 10.3 Å². The van der Waals surface area contributed by atoms with E-state index in [9.17, 15) is 0 Å². The first-order valence-electron chi connectivity index (χ1n) is 6.09. The summed E-state index contributed by atoms with van der Waals surface area (Å²) in [5.74, 6) is 0.874. The highest BCUT2D eigenvalue weighted by atomic mass is 32.1. The van der Waals surface area contributed by atoms with E-state index >= 15 is 0 Å². The molecule has 0 saturated heterocycles. The molecule has 0 radical (unpaired) electrons. The molecule has 0 aliphatic carbocycles. The average Bonchev–Trinajstić information content (AvgIpc) is 2.73. The van der Waals surface area contributed by atoms with Crippen LogP contribution in [0.1, 0.15) is 42.5 Å². The number of hydrogen-bond acceptors (Lipinski definition) is 3. The second-order valence-corrected chi connectivity index (χ2v) is 5.48. The Morgan fingerprint density at radius 2 is 2.41 bits per heavy atom. The molecule has 0 aromatic carbocycles. The fourth-order valence-corrected chi connectivity index (χ4v) is 2.18. The van der Waals surface area contributed by atoms with Gasteiger partial charge in [0.25, 0.3) is 0 Å². The predicted octanol–water partition coefficient (Wildman–Crippen LogP) is 2.26. The van der Waals surface area contributed by atoms with Crippen LogP contribution in [-0.4, -0.2) is 24.0 Å². The Labute approximate surface area is 107 Å². The van der Waals surface area contributed by atoms with Gasteiger partial charge in [0.05, 0.1) is 11.6 Å². The van der Waals surface area contributed by atoms with Crippen LogP contribution in [0.4, 0.5) is 0 Å². The minimum absolute atomic E-state index is 0.334. The van der Waals surface area contributed by atoms with Gasteiger partial charge in [-0.1, -0.05) is 20.3 Å². The molecule has 5 heteroatoms. The smallest absolute Gasteiger partial charge is 0.188 e. The lowest BCUT2D eigenvalue weighted by atomic mass is 10.2. The zero-order valence-corrected chi connectivity index (χ0v) is 11.7. The first-order valence-corrected chi connectivity index (χ1v) is 6.91. The zero-order chi connectivity index (χ0) is 12.7. The summed E-state index contributed by atoms with van der Waals surface area (Å²) in [6.07, 6.45) is 4.19. The molecule has 3 N–H and O–H groups in total. The second kappa shape index (κ2) is 7.27. The summed E-state index contributed by atoms with van der Waals surface area (Å²) in [5.41, 5.74) is 5.77. The Morgan fingerprint density at radius 1 is 1.65 bits per heavy atom. The number of aliphatic imine (C=N–C) groups is 1. The van der Waals surface area contributed by atoms with Gasteiger partial charge in [-0.05, 0) is 13.3 Å². The van der Waals surface area contributed by atoms with E-state index < -0.39 is 0 Å². The molecule has 96 valence electrons. The van der Waals surface area contributed by atoms with E-state index in [1.165, 1.54) is 4.88 Å². The maximum Gasteiger partial charge on any atom is 0.188 e. The van der Waals surface area contributed by atoms with Crippen molar-refractivity contribution in [1.29, 1.82) is 0 Å². The van der Waals surface area contributed by atoms with E-state index in [-0.39, 0.29) is 0 Å². The van der Waals surface area contributed by atoms with Gasteiger partial charge in [-0.2, -0.15) is 0 Å². The normalized spacial score (nSPS) is 13.7. The third kappa shape index (κ3) is 5.17. The molecule has 0 amide bonds. The molecule has 0 spiro atoms. The molecule has 4 nitrogen and oxygen atoms in total. The van der Waals surface area contributed by atoms with Crippen molar-refractivity contribution in [3.05, 3.63) is 16.1 Å². The quantitative estimate of drug-likeness (QED) is 0.465. The van der Waals surface area contributed by atoms with Crippen molar-refractivity contribution in [2.75, 3.05) is 13.1 Å². The lowest BCUT2D eigenvalue weighted by Gasteiger charge is -2.07. The molecule has 1 unspecified atom stereocenters. The summed E-state index contributed by atoms with van der Waals surface area (Å²) in [6, 6.07) is 0. The summed E-state index contributed by atoms with van der Waals surface area (Å²) < 4.78 is 0. The summed E-state index contributed by atoms with van der Waals surface area (Å²) in [5, 5.41) is 4.24. The van der Waals surface area contributed by atoms with Gasteiger partial charge >= 0.3 is 0 Å². The van der Waals surface area contributed by atoms with Crippen LogP contribution < -0.4 is 11.1 Å². The molecule has 1 heterocycles. The first-order chi connectivity index (χ1) is 8.13. The molecule has 1 aromatic rings. The molecule has 1 rings (SSSR count). The number of aromatic nitrogens is 1. The van der Waals surface area contributed by atoms with Crippen molar-refractivity contribution in [3.8, 4) is 0 Å². The standard InChI is InChI=1S/C12H22N4S/c1-4-5-6-14-12(13)16-7-9(2)11-15-8-10(3)17-11/h8-9H,4-7H2,1-3H3,(H3,13,14,16). The molecule has 17 heavy (non-hydrogen) atoms. The number of nitrogens with two attached hydrogens (primary N) is 1. The molecule has 0 fully saturated rings. The van der Waals surface area contributed by atoms with Crippen LogP contribution in [-0.2, 0) is 0 Å². The molecule has 0 saturated carbocycles. The fraction of sp³-hybridized carbons (Fsp3) is 0.667. The topological polar surface area (TPSA) is 63.3 Å². The lowest BCUT2D eigenvalue weighted by Crippen LogP contribution is -2.32. The van der Waals surface area contributed by atoms with Crippen LogP contribution in [0.2, 0.25) is 0 Å². The summed E-state index contributed by atoms with van der Waals surface area (Å²) in [4.78, 5) is 9.93. The van der Waals surface area contributed by atoms with Crippen molar-refractivity contribution in [2.45, 2.75) is 39.5 Å². The molecule has 0 aliphatic heterocycles. The van der Waals surface area contributed by atoms with Crippen LogP contribution in [0.5, 0.6) is 0 Å². The molecular weight excluding hydrogens is 232 g/mol. The molecule has 0 aliphatic rings. The number of hydrogen-bond donors (Lipinski definition) is 2.